The molecule has 1 aromatic rings. The van der Waals surface area contributed by atoms with E-state index in [0.717, 1.165) is 32.3 Å². The summed E-state index contributed by atoms with van der Waals surface area (Å²) in [6, 6.07) is 7.47. The van der Waals surface area contributed by atoms with Crippen LogP contribution in [-0.2, 0) is 9.53 Å². The van der Waals surface area contributed by atoms with Gasteiger partial charge in [-0.25, -0.2) is 0 Å². The number of fused-ring (bicyclic) bond motifs is 3. The third-order valence-electron chi connectivity index (χ3n) is 6.47. The number of para-hydroxylation sites is 1. The number of ketones is 1. The Morgan fingerprint density at radius 1 is 1.28 bits per heavy atom. The van der Waals surface area contributed by atoms with Gasteiger partial charge in [0.2, 0.25) is 5.91 Å². The number of hydrogen-bond acceptors (Lipinski definition) is 4. The van der Waals surface area contributed by atoms with E-state index in [1.165, 1.54) is 0 Å². The molecule has 0 aromatic heterocycles. The van der Waals surface area contributed by atoms with Crippen molar-refractivity contribution in [2.45, 2.75) is 43.8 Å². The first-order chi connectivity index (χ1) is 12.2. The summed E-state index contributed by atoms with van der Waals surface area (Å²) in [5, 5.41) is 3.06. The Hall–Kier alpha value is -1.88. The molecule has 2 aliphatic heterocycles. The lowest BCUT2D eigenvalue weighted by Gasteiger charge is -2.37. The zero-order chi connectivity index (χ0) is 17.0. The molecular formula is C20H23NO4. The van der Waals surface area contributed by atoms with E-state index in [4.69, 9.17) is 9.47 Å². The zero-order valence-electron chi connectivity index (χ0n) is 14.2. The van der Waals surface area contributed by atoms with Gasteiger partial charge in [-0.15, -0.1) is 0 Å². The molecule has 3 fully saturated rings. The minimum atomic E-state index is -0.470. The first kappa shape index (κ1) is 15.4. The summed E-state index contributed by atoms with van der Waals surface area (Å²) in [5.74, 6) is 1.47. The number of hydrogen-bond donors (Lipinski definition) is 1. The second-order valence-electron chi connectivity index (χ2n) is 7.90. The van der Waals surface area contributed by atoms with E-state index in [1.807, 2.05) is 24.3 Å². The molecule has 1 saturated heterocycles. The van der Waals surface area contributed by atoms with Crippen LogP contribution in [0.15, 0.2) is 24.3 Å². The highest BCUT2D eigenvalue weighted by atomic mass is 16.5. The number of rotatable bonds is 3. The fourth-order valence-electron chi connectivity index (χ4n) is 5.26. The van der Waals surface area contributed by atoms with Crippen molar-refractivity contribution in [1.29, 1.82) is 0 Å². The van der Waals surface area contributed by atoms with Gasteiger partial charge < -0.3 is 14.8 Å². The third-order valence-corrected chi connectivity index (χ3v) is 6.47. The van der Waals surface area contributed by atoms with E-state index >= 15 is 0 Å². The predicted octanol–water partition coefficient (Wildman–Crippen LogP) is 2.34. The maximum atomic E-state index is 12.6. The van der Waals surface area contributed by atoms with Crippen LogP contribution in [-0.4, -0.2) is 36.5 Å². The van der Waals surface area contributed by atoms with Crippen LogP contribution in [0.2, 0.25) is 0 Å². The molecule has 0 bridgehead atoms. The summed E-state index contributed by atoms with van der Waals surface area (Å²) in [6.45, 7) is 1.40. The van der Waals surface area contributed by atoms with E-state index in [9.17, 15) is 9.59 Å². The van der Waals surface area contributed by atoms with Crippen molar-refractivity contribution < 1.29 is 19.1 Å². The summed E-state index contributed by atoms with van der Waals surface area (Å²) in [6.07, 6.45) is 4.51. The Balaban J connectivity index is 1.29. The van der Waals surface area contributed by atoms with E-state index in [1.54, 1.807) is 0 Å². The van der Waals surface area contributed by atoms with Crippen LogP contribution in [0, 0.1) is 17.8 Å². The summed E-state index contributed by atoms with van der Waals surface area (Å²) in [5.41, 5.74) is 0.207. The van der Waals surface area contributed by atoms with Crippen LogP contribution in [0.3, 0.4) is 0 Å². The summed E-state index contributed by atoms with van der Waals surface area (Å²) in [7, 11) is 0. The predicted molar refractivity (Wildman–Crippen MR) is 90.4 cm³/mol. The summed E-state index contributed by atoms with van der Waals surface area (Å²) < 4.78 is 11.9. The van der Waals surface area contributed by atoms with Crippen molar-refractivity contribution in [3.63, 3.8) is 0 Å². The number of benzene rings is 1. The van der Waals surface area contributed by atoms with Crippen molar-refractivity contribution in [2.75, 3.05) is 13.2 Å². The smallest absolute Gasteiger partial charge is 0.223 e. The van der Waals surface area contributed by atoms with Gasteiger partial charge in [-0.2, -0.15) is 0 Å². The van der Waals surface area contributed by atoms with Gasteiger partial charge in [-0.05, 0) is 43.7 Å². The molecule has 0 unspecified atom stereocenters. The Morgan fingerprint density at radius 2 is 2.16 bits per heavy atom. The molecule has 5 heteroatoms. The SMILES string of the molecule is O=C1C[C@]2(CC[C@@H]3[C@H](C(=O)NC[C@@H]4CCCO4)[C@@H]32)Oc2ccccc21. The molecule has 132 valence electrons. The molecule has 2 aliphatic carbocycles. The van der Waals surface area contributed by atoms with Crippen LogP contribution >= 0.6 is 0 Å². The molecule has 1 spiro atoms. The Bertz CT molecular complexity index is 726. The summed E-state index contributed by atoms with van der Waals surface area (Å²) >= 11 is 0. The van der Waals surface area contributed by atoms with E-state index in [0.29, 0.717) is 30.2 Å². The number of nitrogens with one attached hydrogen (secondary N) is 1. The standard InChI is InChI=1S/C20H23NO4/c22-15-10-20(25-16-6-2-1-5-13(15)16)8-7-14-17(18(14)20)19(23)21-11-12-4-3-9-24-12/h1-2,5-6,12,14,17-18H,3-4,7-11H2,(H,21,23)/t12-,14+,17-,18+,20-/m0/s1. The Kier molecular flexibility index (Phi) is 3.42. The topological polar surface area (TPSA) is 64.6 Å². The highest BCUT2D eigenvalue weighted by Crippen LogP contribution is 2.65. The molecular weight excluding hydrogens is 318 g/mol. The van der Waals surface area contributed by atoms with Crippen molar-refractivity contribution in [2.24, 2.45) is 17.8 Å². The number of carbonyl (C=O) groups is 2. The van der Waals surface area contributed by atoms with Crippen LogP contribution in [0.25, 0.3) is 0 Å². The Labute approximate surface area is 147 Å². The molecule has 2 saturated carbocycles. The number of Topliss-reactive ketones (excluding diaryl/α,β-unsaturated/α-hetero) is 1. The molecule has 25 heavy (non-hydrogen) atoms. The largest absolute Gasteiger partial charge is 0.486 e. The van der Waals surface area contributed by atoms with Crippen molar-refractivity contribution in [3.05, 3.63) is 29.8 Å². The van der Waals surface area contributed by atoms with Crippen LogP contribution < -0.4 is 10.1 Å². The lowest BCUT2D eigenvalue weighted by Crippen LogP contribution is -2.44. The molecule has 1 aromatic carbocycles. The van der Waals surface area contributed by atoms with Gasteiger partial charge in [-0.3, -0.25) is 9.59 Å². The highest BCUT2D eigenvalue weighted by Gasteiger charge is 2.70. The molecule has 5 rings (SSSR count). The second-order valence-corrected chi connectivity index (χ2v) is 7.90. The first-order valence-corrected chi connectivity index (χ1v) is 9.38. The van der Waals surface area contributed by atoms with E-state index in [-0.39, 0.29) is 29.6 Å². The molecule has 1 N–H and O–H groups in total. The fraction of sp³-hybridized carbons (Fsp3) is 0.600. The van der Waals surface area contributed by atoms with Crippen LogP contribution in [0.5, 0.6) is 5.75 Å². The lowest BCUT2D eigenvalue weighted by molar-refractivity contribution is -0.124. The molecule has 5 nitrogen and oxygen atoms in total. The van der Waals surface area contributed by atoms with Gasteiger partial charge in [0.25, 0.3) is 0 Å². The van der Waals surface area contributed by atoms with Gasteiger partial charge in [0.1, 0.15) is 11.4 Å². The van der Waals surface area contributed by atoms with Gasteiger partial charge in [0.15, 0.2) is 5.78 Å². The summed E-state index contributed by atoms with van der Waals surface area (Å²) in [4.78, 5) is 25.2. The number of carbonyl (C=O) groups excluding carboxylic acids is 2. The minimum Gasteiger partial charge on any atom is -0.486 e. The van der Waals surface area contributed by atoms with Crippen molar-refractivity contribution >= 4 is 11.7 Å². The van der Waals surface area contributed by atoms with Crippen LogP contribution in [0.1, 0.15) is 42.5 Å². The van der Waals surface area contributed by atoms with Gasteiger partial charge >= 0.3 is 0 Å². The average molecular weight is 341 g/mol. The van der Waals surface area contributed by atoms with Crippen molar-refractivity contribution in [1.82, 2.24) is 5.32 Å². The quantitative estimate of drug-likeness (QED) is 0.916. The van der Waals surface area contributed by atoms with Crippen molar-refractivity contribution in [3.8, 4) is 5.75 Å². The Morgan fingerprint density at radius 3 is 3.00 bits per heavy atom. The molecule has 4 aliphatic rings. The van der Waals surface area contributed by atoms with Gasteiger partial charge in [0.05, 0.1) is 18.1 Å². The van der Waals surface area contributed by atoms with E-state index in [2.05, 4.69) is 5.32 Å². The maximum absolute atomic E-state index is 12.6. The minimum absolute atomic E-state index is 0.00628. The number of amides is 1. The monoisotopic (exact) mass is 341 g/mol. The molecule has 5 atom stereocenters. The average Bonchev–Trinajstić information content (AvgIpc) is 2.94. The molecule has 0 radical (unpaired) electrons. The fourth-order valence-corrected chi connectivity index (χ4v) is 5.26. The van der Waals surface area contributed by atoms with Crippen LogP contribution in [0.4, 0.5) is 0 Å². The third kappa shape index (κ3) is 2.40. The van der Waals surface area contributed by atoms with Gasteiger partial charge in [0, 0.05) is 25.0 Å². The number of ether oxygens (including phenoxy) is 2. The second kappa shape index (κ2) is 5.56. The van der Waals surface area contributed by atoms with Gasteiger partial charge in [-0.1, -0.05) is 12.1 Å². The maximum Gasteiger partial charge on any atom is 0.223 e. The molecule has 1 amide bonds. The molecule has 2 heterocycles. The zero-order valence-corrected chi connectivity index (χ0v) is 14.2. The first-order valence-electron chi connectivity index (χ1n) is 9.38. The van der Waals surface area contributed by atoms with E-state index < -0.39 is 5.60 Å². The lowest BCUT2D eigenvalue weighted by atomic mass is 9.84. The highest BCUT2D eigenvalue weighted by molar-refractivity contribution is 6.00. The normalized spacial score (nSPS) is 38.2.